The van der Waals surface area contributed by atoms with Gasteiger partial charge in [0.1, 0.15) is 0 Å². The average Bonchev–Trinajstić information content (AvgIpc) is 2.39. The van der Waals surface area contributed by atoms with Gasteiger partial charge >= 0.3 is 0 Å². The first-order chi connectivity index (χ1) is 9.34. The summed E-state index contributed by atoms with van der Waals surface area (Å²) in [5.74, 6) is 0. The fraction of sp³-hybridized carbons (Fsp3) is 0.500. The molecule has 0 atom stereocenters. The van der Waals surface area contributed by atoms with E-state index in [1.165, 1.54) is 5.56 Å². The summed E-state index contributed by atoms with van der Waals surface area (Å²) in [4.78, 5) is 16.0. The molecule has 0 aliphatic carbocycles. The molecule has 0 spiro atoms. The van der Waals surface area contributed by atoms with Gasteiger partial charge in [0.15, 0.2) is 5.43 Å². The molecule has 2 aromatic rings. The summed E-state index contributed by atoms with van der Waals surface area (Å²) >= 11 is 0. The number of hydrogen-bond donors (Lipinski definition) is 1. The molecule has 2 nitrogen and oxygen atoms in total. The second-order valence-corrected chi connectivity index (χ2v) is 6.67. The van der Waals surface area contributed by atoms with E-state index in [4.69, 9.17) is 0 Å². The van der Waals surface area contributed by atoms with Gasteiger partial charge in [-0.05, 0) is 42.9 Å². The van der Waals surface area contributed by atoms with Gasteiger partial charge in [-0.3, -0.25) is 4.79 Å². The number of benzene rings is 1. The molecule has 0 unspecified atom stereocenters. The van der Waals surface area contributed by atoms with E-state index in [1.807, 2.05) is 19.1 Å². The Morgan fingerprint density at radius 1 is 1.20 bits per heavy atom. The number of H-pyrrole nitrogens is 1. The summed E-state index contributed by atoms with van der Waals surface area (Å²) in [6.07, 6.45) is 3.21. The first kappa shape index (κ1) is 14.8. The van der Waals surface area contributed by atoms with Crippen LogP contribution in [0.25, 0.3) is 10.9 Å². The number of nitrogens with one attached hydrogen (secondary N) is 1. The minimum atomic E-state index is 0.0649. The van der Waals surface area contributed by atoms with E-state index in [-0.39, 0.29) is 10.8 Å². The highest BCUT2D eigenvalue weighted by Crippen LogP contribution is 2.25. The van der Waals surface area contributed by atoms with Crippen LogP contribution in [0.3, 0.4) is 0 Å². The second-order valence-electron chi connectivity index (χ2n) is 6.67. The number of pyridine rings is 1. The van der Waals surface area contributed by atoms with Crippen LogP contribution in [-0.4, -0.2) is 4.98 Å². The normalized spacial score (nSPS) is 12.1. The molecule has 0 saturated heterocycles. The molecule has 2 heteroatoms. The summed E-state index contributed by atoms with van der Waals surface area (Å²) in [6.45, 7) is 10.6. The zero-order chi connectivity index (χ0) is 14.9. The summed E-state index contributed by atoms with van der Waals surface area (Å²) in [6, 6.07) is 6.22. The predicted octanol–water partition coefficient (Wildman–Crippen LogP) is 4.48. The van der Waals surface area contributed by atoms with E-state index >= 15 is 0 Å². The highest BCUT2D eigenvalue weighted by molar-refractivity contribution is 5.80. The average molecular weight is 271 g/mol. The first-order valence-electron chi connectivity index (χ1n) is 7.50. The SMILES string of the molecule is CCCCc1[nH]c2ccc(C(C)(C)C)cc2c(=O)c1C. The van der Waals surface area contributed by atoms with Crippen molar-refractivity contribution in [2.75, 3.05) is 0 Å². The maximum absolute atomic E-state index is 12.6. The highest BCUT2D eigenvalue weighted by atomic mass is 16.1. The third-order valence-electron chi connectivity index (χ3n) is 3.99. The van der Waals surface area contributed by atoms with Gasteiger partial charge in [0, 0.05) is 22.2 Å². The Morgan fingerprint density at radius 2 is 1.90 bits per heavy atom. The molecule has 0 amide bonds. The van der Waals surface area contributed by atoms with Crippen molar-refractivity contribution in [1.29, 1.82) is 0 Å². The highest BCUT2D eigenvalue weighted by Gasteiger charge is 2.15. The molecule has 1 aromatic carbocycles. The zero-order valence-electron chi connectivity index (χ0n) is 13.3. The van der Waals surface area contributed by atoms with E-state index in [1.54, 1.807) is 0 Å². The first-order valence-corrected chi connectivity index (χ1v) is 7.50. The Morgan fingerprint density at radius 3 is 2.50 bits per heavy atom. The van der Waals surface area contributed by atoms with Crippen molar-refractivity contribution in [3.8, 4) is 0 Å². The largest absolute Gasteiger partial charge is 0.358 e. The Hall–Kier alpha value is -1.57. The third kappa shape index (κ3) is 2.79. The lowest BCUT2D eigenvalue weighted by molar-refractivity contribution is 0.591. The van der Waals surface area contributed by atoms with Crippen molar-refractivity contribution in [1.82, 2.24) is 4.98 Å². The smallest absolute Gasteiger partial charge is 0.192 e. The molecule has 0 fully saturated rings. The van der Waals surface area contributed by atoms with Gasteiger partial charge in [-0.15, -0.1) is 0 Å². The van der Waals surface area contributed by atoms with Crippen LogP contribution in [0.5, 0.6) is 0 Å². The van der Waals surface area contributed by atoms with Crippen LogP contribution in [-0.2, 0) is 11.8 Å². The van der Waals surface area contributed by atoms with Crippen molar-refractivity contribution in [2.45, 2.75) is 59.3 Å². The van der Waals surface area contributed by atoms with Crippen LogP contribution in [0, 0.1) is 6.92 Å². The summed E-state index contributed by atoms with van der Waals surface area (Å²) < 4.78 is 0. The van der Waals surface area contributed by atoms with Crippen LogP contribution in [0.2, 0.25) is 0 Å². The van der Waals surface area contributed by atoms with Crippen molar-refractivity contribution >= 4 is 10.9 Å². The molecule has 0 radical (unpaired) electrons. The maximum atomic E-state index is 12.6. The predicted molar refractivity (Wildman–Crippen MR) is 86.6 cm³/mol. The molecule has 108 valence electrons. The lowest BCUT2D eigenvalue weighted by Gasteiger charge is -2.19. The number of aromatic nitrogens is 1. The second kappa shape index (κ2) is 5.43. The lowest BCUT2D eigenvalue weighted by atomic mass is 9.86. The quantitative estimate of drug-likeness (QED) is 0.877. The van der Waals surface area contributed by atoms with Crippen LogP contribution in [0.15, 0.2) is 23.0 Å². The number of rotatable bonds is 3. The molecule has 0 aliphatic rings. The molecule has 1 N–H and O–H groups in total. The summed E-state index contributed by atoms with van der Waals surface area (Å²) in [5.41, 5.74) is 4.37. The van der Waals surface area contributed by atoms with Gasteiger partial charge in [0.25, 0.3) is 0 Å². The van der Waals surface area contributed by atoms with Gasteiger partial charge in [0.2, 0.25) is 0 Å². The van der Waals surface area contributed by atoms with Gasteiger partial charge in [0.05, 0.1) is 0 Å². The van der Waals surface area contributed by atoms with E-state index in [0.29, 0.717) is 0 Å². The molecule has 2 rings (SSSR count). The van der Waals surface area contributed by atoms with Crippen LogP contribution in [0.4, 0.5) is 0 Å². The molecule has 0 saturated carbocycles. The van der Waals surface area contributed by atoms with Crippen LogP contribution < -0.4 is 5.43 Å². The van der Waals surface area contributed by atoms with Gasteiger partial charge in [-0.25, -0.2) is 0 Å². The van der Waals surface area contributed by atoms with Crippen molar-refractivity contribution in [2.24, 2.45) is 0 Å². The zero-order valence-corrected chi connectivity index (χ0v) is 13.3. The molecular weight excluding hydrogens is 246 g/mol. The van der Waals surface area contributed by atoms with E-state index < -0.39 is 0 Å². The molecule has 1 heterocycles. The molecule has 20 heavy (non-hydrogen) atoms. The van der Waals surface area contributed by atoms with E-state index in [9.17, 15) is 4.79 Å². The fourth-order valence-electron chi connectivity index (χ4n) is 2.51. The molecule has 0 bridgehead atoms. The Bertz CT molecular complexity index is 674. The van der Waals surface area contributed by atoms with Gasteiger partial charge in [-0.1, -0.05) is 40.2 Å². The van der Waals surface area contributed by atoms with Crippen molar-refractivity contribution < 1.29 is 0 Å². The van der Waals surface area contributed by atoms with Crippen molar-refractivity contribution in [3.63, 3.8) is 0 Å². The monoisotopic (exact) mass is 271 g/mol. The van der Waals surface area contributed by atoms with Gasteiger partial charge in [-0.2, -0.15) is 0 Å². The fourth-order valence-corrected chi connectivity index (χ4v) is 2.51. The van der Waals surface area contributed by atoms with E-state index in [2.05, 4.69) is 38.7 Å². The van der Waals surface area contributed by atoms with E-state index in [0.717, 1.165) is 41.4 Å². The summed E-state index contributed by atoms with van der Waals surface area (Å²) in [5, 5.41) is 0.815. The molecular formula is C18H25NO. The van der Waals surface area contributed by atoms with Gasteiger partial charge < -0.3 is 4.98 Å². The molecule has 0 aliphatic heterocycles. The Kier molecular flexibility index (Phi) is 4.03. The number of unbranched alkanes of at least 4 members (excludes halogenated alkanes) is 1. The number of fused-ring (bicyclic) bond motifs is 1. The number of aryl methyl sites for hydroxylation is 1. The Balaban J connectivity index is 2.61. The lowest BCUT2D eigenvalue weighted by Crippen LogP contribution is -2.15. The maximum Gasteiger partial charge on any atom is 0.192 e. The standard InChI is InChI=1S/C18H25NO/c1-6-7-8-15-12(2)17(20)14-11-13(18(3,4)5)9-10-16(14)19-15/h9-11H,6-8H2,1-5H3,(H,19,20). The minimum Gasteiger partial charge on any atom is -0.358 e. The van der Waals surface area contributed by atoms with Crippen molar-refractivity contribution in [3.05, 3.63) is 45.2 Å². The topological polar surface area (TPSA) is 32.9 Å². The minimum absolute atomic E-state index is 0.0649. The van der Waals surface area contributed by atoms with Crippen LogP contribution >= 0.6 is 0 Å². The number of aromatic amines is 1. The third-order valence-corrected chi connectivity index (χ3v) is 3.99. The number of hydrogen-bond acceptors (Lipinski definition) is 1. The van der Waals surface area contributed by atoms with Crippen LogP contribution in [0.1, 0.15) is 57.4 Å². The molecule has 1 aromatic heterocycles. The summed E-state index contributed by atoms with van der Waals surface area (Å²) in [7, 11) is 0. The Labute approximate surface area is 121 Å².